The molecule has 1 N–H and O–H groups in total. The van der Waals surface area contributed by atoms with Crippen LogP contribution >= 0.6 is 11.3 Å². The third-order valence-electron chi connectivity index (χ3n) is 3.05. The molecule has 0 fully saturated rings. The number of nitrogens with one attached hydrogen (secondary N) is 1. The Morgan fingerprint density at radius 2 is 2.20 bits per heavy atom. The quantitative estimate of drug-likeness (QED) is 0.791. The Kier molecular flexibility index (Phi) is 3.28. The Morgan fingerprint density at radius 3 is 2.90 bits per heavy atom. The van der Waals surface area contributed by atoms with E-state index in [1.54, 1.807) is 19.1 Å². The van der Waals surface area contributed by atoms with Gasteiger partial charge in [-0.2, -0.15) is 0 Å². The van der Waals surface area contributed by atoms with Crippen molar-refractivity contribution in [3.05, 3.63) is 47.4 Å². The van der Waals surface area contributed by atoms with E-state index < -0.39 is 0 Å². The van der Waals surface area contributed by atoms with Gasteiger partial charge in [0.2, 0.25) is 0 Å². The molecule has 20 heavy (non-hydrogen) atoms. The van der Waals surface area contributed by atoms with Gasteiger partial charge in [-0.15, -0.1) is 0 Å². The maximum atomic E-state index is 12.0. The Hall–Kier alpha value is -2.14. The van der Waals surface area contributed by atoms with Crippen LogP contribution in [0.3, 0.4) is 0 Å². The Morgan fingerprint density at radius 1 is 1.35 bits per heavy atom. The molecule has 102 valence electrons. The largest absolute Gasteiger partial charge is 0.456 e. The van der Waals surface area contributed by atoms with Crippen LogP contribution in [0.1, 0.15) is 28.8 Å². The molecule has 0 bridgehead atoms. The fourth-order valence-corrected chi connectivity index (χ4v) is 2.88. The standard InChI is InChI=1S/C15H14N2O2S/c1-3-10-5-6-11-13(8-10)20-15(16-11)17-14(18)12-7-4-9(2)19-12/h4-8H,3H2,1-2H3,(H,16,17,18). The van der Waals surface area contributed by atoms with E-state index in [0.29, 0.717) is 16.7 Å². The molecule has 4 nitrogen and oxygen atoms in total. The number of benzene rings is 1. The Balaban J connectivity index is 1.85. The zero-order valence-corrected chi connectivity index (χ0v) is 12.1. The Labute approximate surface area is 120 Å². The number of fused-ring (bicyclic) bond motifs is 1. The highest BCUT2D eigenvalue weighted by Gasteiger charge is 2.13. The molecule has 1 amide bonds. The van der Waals surface area contributed by atoms with E-state index in [1.807, 2.05) is 6.07 Å². The summed E-state index contributed by atoms with van der Waals surface area (Å²) in [6.07, 6.45) is 0.987. The molecule has 3 aromatic rings. The number of rotatable bonds is 3. The molecule has 0 aliphatic rings. The lowest BCUT2D eigenvalue weighted by atomic mass is 10.2. The molecule has 0 saturated carbocycles. The lowest BCUT2D eigenvalue weighted by Gasteiger charge is -1.96. The van der Waals surface area contributed by atoms with Gasteiger partial charge in [0, 0.05) is 0 Å². The number of thiazole rings is 1. The number of aromatic nitrogens is 1. The first-order valence-electron chi connectivity index (χ1n) is 6.43. The first kappa shape index (κ1) is 12.9. The predicted octanol–water partition coefficient (Wildman–Crippen LogP) is 4.01. The highest BCUT2D eigenvalue weighted by atomic mass is 32.1. The van der Waals surface area contributed by atoms with E-state index >= 15 is 0 Å². The molecule has 0 atom stereocenters. The number of carbonyl (C=O) groups excluding carboxylic acids is 1. The summed E-state index contributed by atoms with van der Waals surface area (Å²) in [6, 6.07) is 9.58. The predicted molar refractivity (Wildman–Crippen MR) is 80.4 cm³/mol. The van der Waals surface area contributed by atoms with Gasteiger partial charge in [-0.25, -0.2) is 4.98 Å². The number of furan rings is 1. The van der Waals surface area contributed by atoms with Gasteiger partial charge < -0.3 is 4.42 Å². The van der Waals surface area contributed by atoms with Crippen molar-refractivity contribution < 1.29 is 9.21 Å². The number of aryl methyl sites for hydroxylation is 2. The van der Waals surface area contributed by atoms with Crippen LogP contribution in [0, 0.1) is 6.92 Å². The van der Waals surface area contributed by atoms with Crippen molar-refractivity contribution in [1.29, 1.82) is 0 Å². The minimum atomic E-state index is -0.270. The summed E-state index contributed by atoms with van der Waals surface area (Å²) in [5.74, 6) is 0.746. The van der Waals surface area contributed by atoms with E-state index in [1.165, 1.54) is 16.9 Å². The van der Waals surface area contributed by atoms with Crippen LogP contribution in [-0.2, 0) is 6.42 Å². The van der Waals surface area contributed by atoms with Gasteiger partial charge >= 0.3 is 0 Å². The number of hydrogen-bond acceptors (Lipinski definition) is 4. The molecule has 0 spiro atoms. The molecule has 0 aliphatic heterocycles. The minimum absolute atomic E-state index is 0.270. The van der Waals surface area contributed by atoms with Crippen LogP contribution in [0.15, 0.2) is 34.7 Å². The summed E-state index contributed by atoms with van der Waals surface area (Å²) in [4.78, 5) is 16.4. The molecule has 2 aromatic heterocycles. The average Bonchev–Trinajstić information content (AvgIpc) is 3.03. The van der Waals surface area contributed by atoms with Gasteiger partial charge in [0.05, 0.1) is 10.2 Å². The maximum Gasteiger partial charge on any atom is 0.293 e. The zero-order chi connectivity index (χ0) is 14.1. The second-order valence-electron chi connectivity index (χ2n) is 4.54. The van der Waals surface area contributed by atoms with Crippen LogP contribution in [0.25, 0.3) is 10.2 Å². The molecule has 5 heteroatoms. The van der Waals surface area contributed by atoms with Crippen molar-refractivity contribution >= 4 is 32.6 Å². The molecule has 0 saturated heterocycles. The molecular formula is C15H14N2O2S. The molecule has 0 radical (unpaired) electrons. The summed E-state index contributed by atoms with van der Waals surface area (Å²) in [5, 5.41) is 3.36. The SMILES string of the molecule is CCc1ccc2nc(NC(=O)c3ccc(C)o3)sc2c1. The molecule has 0 unspecified atom stereocenters. The monoisotopic (exact) mass is 286 g/mol. The molecule has 0 aliphatic carbocycles. The van der Waals surface area contributed by atoms with Gasteiger partial charge in [-0.05, 0) is 43.2 Å². The Bertz CT molecular complexity index is 773. The topological polar surface area (TPSA) is 55.1 Å². The third-order valence-corrected chi connectivity index (χ3v) is 3.98. The first-order chi connectivity index (χ1) is 9.65. The molecular weight excluding hydrogens is 272 g/mol. The van der Waals surface area contributed by atoms with Crippen LogP contribution in [-0.4, -0.2) is 10.9 Å². The molecule has 1 aromatic carbocycles. The summed E-state index contributed by atoms with van der Waals surface area (Å²) < 4.78 is 6.37. The van der Waals surface area contributed by atoms with Crippen LogP contribution < -0.4 is 5.32 Å². The number of nitrogens with zero attached hydrogens (tertiary/aromatic N) is 1. The van der Waals surface area contributed by atoms with Crippen molar-refractivity contribution in [1.82, 2.24) is 4.98 Å². The lowest BCUT2D eigenvalue weighted by molar-refractivity contribution is 0.0995. The number of carbonyl (C=O) groups is 1. The van der Waals surface area contributed by atoms with E-state index in [9.17, 15) is 4.79 Å². The van der Waals surface area contributed by atoms with Crippen molar-refractivity contribution in [2.45, 2.75) is 20.3 Å². The van der Waals surface area contributed by atoms with E-state index in [-0.39, 0.29) is 5.91 Å². The third kappa shape index (κ3) is 2.44. The van der Waals surface area contributed by atoms with E-state index in [2.05, 4.69) is 29.4 Å². The van der Waals surface area contributed by atoms with Gasteiger partial charge in [0.25, 0.3) is 5.91 Å². The fourth-order valence-electron chi connectivity index (χ4n) is 1.96. The highest BCUT2D eigenvalue weighted by Crippen LogP contribution is 2.27. The van der Waals surface area contributed by atoms with Gasteiger partial charge in [0.15, 0.2) is 10.9 Å². The molecule has 2 heterocycles. The van der Waals surface area contributed by atoms with Gasteiger partial charge in [0.1, 0.15) is 5.76 Å². The molecule has 3 rings (SSSR count). The summed E-state index contributed by atoms with van der Waals surface area (Å²) in [7, 11) is 0. The normalized spacial score (nSPS) is 10.9. The second-order valence-corrected chi connectivity index (χ2v) is 5.57. The van der Waals surface area contributed by atoms with Crippen molar-refractivity contribution in [3.8, 4) is 0 Å². The van der Waals surface area contributed by atoms with Crippen molar-refractivity contribution in [2.75, 3.05) is 5.32 Å². The summed E-state index contributed by atoms with van der Waals surface area (Å²) in [6.45, 7) is 3.92. The maximum absolute atomic E-state index is 12.0. The zero-order valence-electron chi connectivity index (χ0n) is 11.3. The lowest BCUT2D eigenvalue weighted by Crippen LogP contribution is -2.10. The highest BCUT2D eigenvalue weighted by molar-refractivity contribution is 7.22. The van der Waals surface area contributed by atoms with Crippen LogP contribution in [0.4, 0.5) is 5.13 Å². The number of anilines is 1. The second kappa shape index (κ2) is 5.09. The number of amides is 1. The first-order valence-corrected chi connectivity index (χ1v) is 7.24. The van der Waals surface area contributed by atoms with Crippen molar-refractivity contribution in [2.24, 2.45) is 0 Å². The van der Waals surface area contributed by atoms with E-state index in [0.717, 1.165) is 16.6 Å². The van der Waals surface area contributed by atoms with E-state index in [4.69, 9.17) is 4.42 Å². The van der Waals surface area contributed by atoms with Crippen LogP contribution in [0.5, 0.6) is 0 Å². The van der Waals surface area contributed by atoms with Crippen molar-refractivity contribution in [3.63, 3.8) is 0 Å². The van der Waals surface area contributed by atoms with Gasteiger partial charge in [-0.1, -0.05) is 24.3 Å². The smallest absolute Gasteiger partial charge is 0.293 e. The number of hydrogen-bond donors (Lipinski definition) is 1. The fraction of sp³-hybridized carbons (Fsp3) is 0.200. The van der Waals surface area contributed by atoms with Crippen LogP contribution in [0.2, 0.25) is 0 Å². The minimum Gasteiger partial charge on any atom is -0.456 e. The summed E-state index contributed by atoms with van der Waals surface area (Å²) in [5.41, 5.74) is 2.17. The van der Waals surface area contributed by atoms with Gasteiger partial charge in [-0.3, -0.25) is 10.1 Å². The average molecular weight is 286 g/mol. The summed E-state index contributed by atoms with van der Waals surface area (Å²) >= 11 is 1.47.